The molecule has 1 heterocycles. The fraction of sp³-hybridized carbons (Fsp3) is 0.318. The highest BCUT2D eigenvalue weighted by Crippen LogP contribution is 2.31. The molecule has 0 saturated carbocycles. The number of carbonyl (C=O) groups excluding carboxylic acids is 2. The molecule has 2 amide bonds. The zero-order valence-electron chi connectivity index (χ0n) is 16.7. The maximum atomic E-state index is 12.6. The van der Waals surface area contributed by atoms with Crippen LogP contribution in [0, 0.1) is 13.8 Å². The SMILES string of the molecule is CCc1ccc(N=C2S[C@H](CC(=O)Nc3c(C)cccc3C)C(=O)N2C)cc1. The number of aryl methyl sites for hydroxylation is 3. The minimum absolute atomic E-state index is 0.0921. The Balaban J connectivity index is 1.69. The van der Waals surface area contributed by atoms with E-state index in [1.165, 1.54) is 22.2 Å². The Bertz CT molecular complexity index is 902. The number of amidine groups is 1. The van der Waals surface area contributed by atoms with E-state index in [-0.39, 0.29) is 18.2 Å². The van der Waals surface area contributed by atoms with Gasteiger partial charge in [0.1, 0.15) is 5.25 Å². The number of rotatable bonds is 5. The fourth-order valence-electron chi connectivity index (χ4n) is 3.08. The largest absolute Gasteiger partial charge is 0.326 e. The number of anilines is 1. The molecule has 28 heavy (non-hydrogen) atoms. The van der Waals surface area contributed by atoms with Crippen LogP contribution in [-0.4, -0.2) is 34.2 Å². The van der Waals surface area contributed by atoms with Crippen LogP contribution >= 0.6 is 11.8 Å². The van der Waals surface area contributed by atoms with E-state index < -0.39 is 5.25 Å². The summed E-state index contributed by atoms with van der Waals surface area (Å²) < 4.78 is 0. The summed E-state index contributed by atoms with van der Waals surface area (Å²) >= 11 is 1.34. The number of benzene rings is 2. The van der Waals surface area contributed by atoms with Gasteiger partial charge in [0, 0.05) is 19.2 Å². The monoisotopic (exact) mass is 395 g/mol. The van der Waals surface area contributed by atoms with E-state index in [1.807, 2.05) is 56.3 Å². The van der Waals surface area contributed by atoms with Crippen molar-refractivity contribution in [2.45, 2.75) is 38.9 Å². The molecule has 0 radical (unpaired) electrons. The van der Waals surface area contributed by atoms with Crippen molar-refractivity contribution < 1.29 is 9.59 Å². The van der Waals surface area contributed by atoms with Gasteiger partial charge in [-0.15, -0.1) is 0 Å². The van der Waals surface area contributed by atoms with Crippen molar-refractivity contribution >= 4 is 40.1 Å². The maximum absolute atomic E-state index is 12.6. The summed E-state index contributed by atoms with van der Waals surface area (Å²) in [6.45, 7) is 6.02. The third-order valence-electron chi connectivity index (χ3n) is 4.83. The Morgan fingerprint density at radius 3 is 2.39 bits per heavy atom. The highest BCUT2D eigenvalue weighted by molar-refractivity contribution is 8.15. The number of amides is 2. The summed E-state index contributed by atoms with van der Waals surface area (Å²) in [6, 6.07) is 13.9. The molecule has 1 fully saturated rings. The van der Waals surface area contributed by atoms with Crippen LogP contribution in [0.3, 0.4) is 0 Å². The van der Waals surface area contributed by atoms with Gasteiger partial charge in [-0.25, -0.2) is 4.99 Å². The first kappa shape index (κ1) is 20.1. The van der Waals surface area contributed by atoms with E-state index in [4.69, 9.17) is 0 Å². The smallest absolute Gasteiger partial charge is 0.242 e. The van der Waals surface area contributed by atoms with E-state index >= 15 is 0 Å². The zero-order valence-corrected chi connectivity index (χ0v) is 17.5. The van der Waals surface area contributed by atoms with Gasteiger partial charge in [-0.3, -0.25) is 14.5 Å². The number of hydrogen-bond acceptors (Lipinski definition) is 4. The molecule has 1 N–H and O–H groups in total. The van der Waals surface area contributed by atoms with Gasteiger partial charge in [0.15, 0.2) is 5.17 Å². The highest BCUT2D eigenvalue weighted by atomic mass is 32.2. The Morgan fingerprint density at radius 2 is 1.79 bits per heavy atom. The number of hydrogen-bond donors (Lipinski definition) is 1. The Kier molecular flexibility index (Phi) is 6.19. The van der Waals surface area contributed by atoms with E-state index in [2.05, 4.69) is 17.2 Å². The van der Waals surface area contributed by atoms with Gasteiger partial charge in [-0.2, -0.15) is 0 Å². The van der Waals surface area contributed by atoms with Gasteiger partial charge in [-0.1, -0.05) is 49.0 Å². The predicted octanol–water partition coefficient (Wildman–Crippen LogP) is 4.46. The standard InChI is InChI=1S/C22H25N3O2S/c1-5-16-9-11-17(12-10-16)23-22-25(4)21(27)18(28-22)13-19(26)24-20-14(2)7-6-8-15(20)3/h6-12,18H,5,13H2,1-4H3,(H,24,26)/t18-/m1/s1. The lowest BCUT2D eigenvalue weighted by Gasteiger charge is -2.12. The number of aliphatic imine (C=N–C) groups is 1. The average Bonchev–Trinajstić information content (AvgIpc) is 2.93. The molecule has 1 aliphatic heterocycles. The minimum Gasteiger partial charge on any atom is -0.326 e. The summed E-state index contributed by atoms with van der Waals surface area (Å²) in [7, 11) is 1.71. The molecule has 0 unspecified atom stereocenters. The van der Waals surface area contributed by atoms with Crippen molar-refractivity contribution in [1.82, 2.24) is 4.90 Å². The van der Waals surface area contributed by atoms with Gasteiger partial charge < -0.3 is 5.32 Å². The van der Waals surface area contributed by atoms with Crippen LogP contribution in [0.15, 0.2) is 47.5 Å². The van der Waals surface area contributed by atoms with Crippen molar-refractivity contribution in [3.8, 4) is 0 Å². The second-order valence-corrected chi connectivity index (χ2v) is 8.11. The number of nitrogens with one attached hydrogen (secondary N) is 1. The first-order valence-electron chi connectivity index (χ1n) is 9.37. The minimum atomic E-state index is -0.456. The van der Waals surface area contributed by atoms with Gasteiger partial charge in [0.25, 0.3) is 0 Å². The predicted molar refractivity (Wildman–Crippen MR) is 116 cm³/mol. The first-order chi connectivity index (χ1) is 13.4. The molecule has 146 valence electrons. The molecule has 3 rings (SSSR count). The van der Waals surface area contributed by atoms with Crippen LogP contribution in [0.4, 0.5) is 11.4 Å². The van der Waals surface area contributed by atoms with Crippen molar-refractivity contribution in [2.24, 2.45) is 4.99 Å². The lowest BCUT2D eigenvalue weighted by atomic mass is 10.1. The van der Waals surface area contributed by atoms with Gasteiger partial charge in [0.2, 0.25) is 11.8 Å². The van der Waals surface area contributed by atoms with E-state index in [9.17, 15) is 9.59 Å². The molecule has 2 aromatic carbocycles. The Labute approximate surface area is 170 Å². The summed E-state index contributed by atoms with van der Waals surface area (Å²) in [6.07, 6.45) is 1.09. The third-order valence-corrected chi connectivity index (χ3v) is 6.06. The number of para-hydroxylation sites is 1. The molecule has 5 nitrogen and oxygen atoms in total. The van der Waals surface area contributed by atoms with E-state index in [1.54, 1.807) is 7.05 Å². The quantitative estimate of drug-likeness (QED) is 0.813. The molecule has 0 aliphatic carbocycles. The molecule has 0 bridgehead atoms. The van der Waals surface area contributed by atoms with Crippen LogP contribution in [0.25, 0.3) is 0 Å². The highest BCUT2D eigenvalue weighted by Gasteiger charge is 2.37. The summed E-state index contributed by atoms with van der Waals surface area (Å²) in [5.41, 5.74) is 4.89. The first-order valence-corrected chi connectivity index (χ1v) is 10.2. The lowest BCUT2D eigenvalue weighted by molar-refractivity contribution is -0.127. The normalized spacial score (nSPS) is 18.0. The molecular formula is C22H25N3O2S. The van der Waals surface area contributed by atoms with Crippen molar-refractivity contribution in [3.05, 3.63) is 59.2 Å². The van der Waals surface area contributed by atoms with Gasteiger partial charge in [0.05, 0.1) is 5.69 Å². The molecule has 0 spiro atoms. The fourth-order valence-corrected chi connectivity index (χ4v) is 4.24. The molecule has 6 heteroatoms. The molecule has 0 aromatic heterocycles. The molecule has 2 aromatic rings. The average molecular weight is 396 g/mol. The topological polar surface area (TPSA) is 61.8 Å². The second-order valence-electron chi connectivity index (χ2n) is 6.94. The van der Waals surface area contributed by atoms with E-state index in [0.29, 0.717) is 5.17 Å². The maximum Gasteiger partial charge on any atom is 0.242 e. The summed E-state index contributed by atoms with van der Waals surface area (Å²) in [5, 5.41) is 3.12. The van der Waals surface area contributed by atoms with E-state index in [0.717, 1.165) is 28.9 Å². The molecule has 1 saturated heterocycles. The third kappa shape index (κ3) is 4.44. The van der Waals surface area contributed by atoms with Crippen LogP contribution in [0.2, 0.25) is 0 Å². The lowest BCUT2D eigenvalue weighted by Crippen LogP contribution is -2.30. The van der Waals surface area contributed by atoms with Gasteiger partial charge in [-0.05, 0) is 49.1 Å². The molecule has 1 aliphatic rings. The zero-order chi connectivity index (χ0) is 20.3. The summed E-state index contributed by atoms with van der Waals surface area (Å²) in [5.74, 6) is -0.254. The number of nitrogens with zero attached hydrogens (tertiary/aromatic N) is 2. The van der Waals surface area contributed by atoms with Crippen molar-refractivity contribution in [1.29, 1.82) is 0 Å². The van der Waals surface area contributed by atoms with Crippen LogP contribution in [0.1, 0.15) is 30.0 Å². The number of thioether (sulfide) groups is 1. The number of carbonyl (C=O) groups is 2. The Hall–Kier alpha value is -2.60. The van der Waals surface area contributed by atoms with Crippen LogP contribution < -0.4 is 5.32 Å². The molecule has 1 atom stereocenters. The van der Waals surface area contributed by atoms with Crippen molar-refractivity contribution in [3.63, 3.8) is 0 Å². The van der Waals surface area contributed by atoms with Crippen LogP contribution in [0.5, 0.6) is 0 Å². The van der Waals surface area contributed by atoms with Crippen molar-refractivity contribution in [2.75, 3.05) is 12.4 Å². The summed E-state index contributed by atoms with van der Waals surface area (Å²) in [4.78, 5) is 31.2. The Morgan fingerprint density at radius 1 is 1.14 bits per heavy atom. The molecular weight excluding hydrogens is 370 g/mol. The van der Waals surface area contributed by atoms with Crippen LogP contribution in [-0.2, 0) is 16.0 Å². The second kappa shape index (κ2) is 8.61. The van der Waals surface area contributed by atoms with Gasteiger partial charge >= 0.3 is 0 Å².